The third kappa shape index (κ3) is 2.85. The van der Waals surface area contributed by atoms with Crippen molar-refractivity contribution in [3.8, 4) is 5.75 Å². The molecule has 0 saturated carbocycles. The number of nitrogens with zero attached hydrogens (tertiary/aromatic N) is 1. The second-order valence-electron chi connectivity index (χ2n) is 4.41. The molecule has 1 heterocycles. The predicted octanol–water partition coefficient (Wildman–Crippen LogP) is 2.67. The lowest BCUT2D eigenvalue weighted by atomic mass is 10.2. The standard InChI is InChI=1S/C15H13N3O2S/c1-20-9-2-4-10(5-3-9)21-11-6-7-13-12(8-11)14(16)18-15(19)17-13/h2-8H,1H3,(H3,16,17,18,19). The van der Waals surface area contributed by atoms with Crippen LogP contribution in [0.1, 0.15) is 0 Å². The molecule has 0 bridgehead atoms. The zero-order valence-electron chi connectivity index (χ0n) is 11.3. The maximum atomic E-state index is 11.3. The molecule has 2 aromatic carbocycles. The van der Waals surface area contributed by atoms with Gasteiger partial charge in [0.15, 0.2) is 0 Å². The van der Waals surface area contributed by atoms with E-state index in [0.717, 1.165) is 20.9 Å². The molecule has 3 N–H and O–H groups in total. The summed E-state index contributed by atoms with van der Waals surface area (Å²) in [5.74, 6) is 1.06. The van der Waals surface area contributed by atoms with Crippen LogP contribution >= 0.6 is 11.8 Å². The quantitative estimate of drug-likeness (QED) is 0.777. The molecule has 0 amide bonds. The van der Waals surface area contributed by atoms with E-state index >= 15 is 0 Å². The molecule has 0 radical (unpaired) electrons. The van der Waals surface area contributed by atoms with Crippen LogP contribution in [0.3, 0.4) is 0 Å². The molecule has 3 rings (SSSR count). The average molecular weight is 299 g/mol. The molecule has 0 aliphatic rings. The number of methoxy groups -OCH3 is 1. The van der Waals surface area contributed by atoms with Gasteiger partial charge in [-0.25, -0.2) is 4.79 Å². The molecule has 0 aliphatic carbocycles. The fourth-order valence-corrected chi connectivity index (χ4v) is 2.86. The van der Waals surface area contributed by atoms with Crippen molar-refractivity contribution in [1.82, 2.24) is 9.97 Å². The third-order valence-electron chi connectivity index (χ3n) is 3.03. The molecular formula is C15H13N3O2S. The van der Waals surface area contributed by atoms with Gasteiger partial charge < -0.3 is 15.5 Å². The normalized spacial score (nSPS) is 10.7. The van der Waals surface area contributed by atoms with Crippen LogP contribution in [-0.4, -0.2) is 17.1 Å². The van der Waals surface area contributed by atoms with E-state index in [2.05, 4.69) is 9.97 Å². The largest absolute Gasteiger partial charge is 0.497 e. The molecule has 5 nitrogen and oxygen atoms in total. The van der Waals surface area contributed by atoms with Crippen LogP contribution in [0.25, 0.3) is 10.9 Å². The highest BCUT2D eigenvalue weighted by atomic mass is 32.2. The Labute approximate surface area is 125 Å². The Morgan fingerprint density at radius 1 is 1.14 bits per heavy atom. The molecule has 6 heteroatoms. The molecule has 106 valence electrons. The number of aromatic nitrogens is 2. The van der Waals surface area contributed by atoms with Crippen molar-refractivity contribution < 1.29 is 4.74 Å². The molecular weight excluding hydrogens is 286 g/mol. The van der Waals surface area contributed by atoms with Gasteiger partial charge in [-0.1, -0.05) is 11.8 Å². The topological polar surface area (TPSA) is 81.0 Å². The van der Waals surface area contributed by atoms with Gasteiger partial charge in [0, 0.05) is 15.2 Å². The summed E-state index contributed by atoms with van der Waals surface area (Å²) in [4.78, 5) is 19.8. The summed E-state index contributed by atoms with van der Waals surface area (Å²) in [5, 5.41) is 0.744. The van der Waals surface area contributed by atoms with Crippen molar-refractivity contribution in [2.75, 3.05) is 12.8 Å². The highest BCUT2D eigenvalue weighted by Gasteiger charge is 2.05. The van der Waals surface area contributed by atoms with Gasteiger partial charge in [0.25, 0.3) is 0 Å². The van der Waals surface area contributed by atoms with E-state index in [1.165, 1.54) is 0 Å². The highest BCUT2D eigenvalue weighted by molar-refractivity contribution is 7.99. The molecule has 0 fully saturated rings. The van der Waals surface area contributed by atoms with Gasteiger partial charge in [0.2, 0.25) is 0 Å². The zero-order chi connectivity index (χ0) is 14.8. The number of H-pyrrole nitrogens is 1. The van der Waals surface area contributed by atoms with Crippen molar-refractivity contribution in [3.05, 3.63) is 52.9 Å². The van der Waals surface area contributed by atoms with Gasteiger partial charge >= 0.3 is 5.69 Å². The van der Waals surface area contributed by atoms with Crippen LogP contribution in [0, 0.1) is 0 Å². The van der Waals surface area contributed by atoms with Crippen molar-refractivity contribution in [2.24, 2.45) is 0 Å². The predicted molar refractivity (Wildman–Crippen MR) is 83.9 cm³/mol. The number of nitrogens with two attached hydrogens (primary N) is 1. The highest BCUT2D eigenvalue weighted by Crippen LogP contribution is 2.31. The number of nitrogens with one attached hydrogen (secondary N) is 1. The molecule has 0 aliphatic heterocycles. The Bertz CT molecular complexity index is 844. The van der Waals surface area contributed by atoms with E-state index in [1.807, 2.05) is 42.5 Å². The number of hydrogen-bond donors (Lipinski definition) is 2. The van der Waals surface area contributed by atoms with Crippen molar-refractivity contribution >= 4 is 28.5 Å². The summed E-state index contributed by atoms with van der Waals surface area (Å²) in [5.41, 5.74) is 6.05. The monoisotopic (exact) mass is 299 g/mol. The summed E-state index contributed by atoms with van der Waals surface area (Å²) in [6.07, 6.45) is 0. The number of fused-ring (bicyclic) bond motifs is 1. The van der Waals surface area contributed by atoms with Crippen LogP contribution in [0.4, 0.5) is 5.82 Å². The molecule has 1 aromatic heterocycles. The van der Waals surface area contributed by atoms with E-state index in [9.17, 15) is 4.79 Å². The first-order valence-corrected chi connectivity index (χ1v) is 7.09. The molecule has 21 heavy (non-hydrogen) atoms. The summed E-state index contributed by atoms with van der Waals surface area (Å²) in [6, 6.07) is 13.5. The number of hydrogen-bond acceptors (Lipinski definition) is 5. The minimum absolute atomic E-state index is 0.242. The Hall–Kier alpha value is -2.47. The van der Waals surface area contributed by atoms with Crippen LogP contribution in [0.2, 0.25) is 0 Å². The van der Waals surface area contributed by atoms with Gasteiger partial charge in [-0.3, -0.25) is 0 Å². The number of aromatic amines is 1. The summed E-state index contributed by atoms with van der Waals surface area (Å²) in [7, 11) is 1.64. The van der Waals surface area contributed by atoms with Crippen LogP contribution in [0.15, 0.2) is 57.1 Å². The van der Waals surface area contributed by atoms with E-state index in [0.29, 0.717) is 5.52 Å². The SMILES string of the molecule is COc1ccc(Sc2ccc3[nH]c(=O)nc(N)c3c2)cc1. The van der Waals surface area contributed by atoms with Gasteiger partial charge in [0.1, 0.15) is 11.6 Å². The van der Waals surface area contributed by atoms with Gasteiger partial charge in [-0.15, -0.1) is 0 Å². The zero-order valence-corrected chi connectivity index (χ0v) is 12.1. The summed E-state index contributed by atoms with van der Waals surface area (Å²) < 4.78 is 5.14. The number of anilines is 1. The van der Waals surface area contributed by atoms with E-state index in [4.69, 9.17) is 10.5 Å². The minimum atomic E-state index is -0.435. The van der Waals surface area contributed by atoms with Crippen LogP contribution < -0.4 is 16.2 Å². The molecule has 0 atom stereocenters. The first kappa shape index (κ1) is 13.5. The number of rotatable bonds is 3. The second kappa shape index (κ2) is 5.49. The molecule has 0 unspecified atom stereocenters. The average Bonchev–Trinajstić information content (AvgIpc) is 2.48. The molecule has 0 saturated heterocycles. The lowest BCUT2D eigenvalue weighted by Gasteiger charge is -2.06. The second-order valence-corrected chi connectivity index (χ2v) is 5.56. The lowest BCUT2D eigenvalue weighted by molar-refractivity contribution is 0.414. The molecule has 0 spiro atoms. The Kier molecular flexibility index (Phi) is 3.53. The smallest absolute Gasteiger partial charge is 0.347 e. The van der Waals surface area contributed by atoms with E-state index < -0.39 is 5.69 Å². The Morgan fingerprint density at radius 3 is 2.57 bits per heavy atom. The minimum Gasteiger partial charge on any atom is -0.497 e. The summed E-state index contributed by atoms with van der Waals surface area (Å²) in [6.45, 7) is 0. The first-order valence-electron chi connectivity index (χ1n) is 6.27. The van der Waals surface area contributed by atoms with E-state index in [1.54, 1.807) is 18.9 Å². The first-order chi connectivity index (χ1) is 10.2. The fraction of sp³-hybridized carbons (Fsp3) is 0.0667. The van der Waals surface area contributed by atoms with E-state index in [-0.39, 0.29) is 5.82 Å². The summed E-state index contributed by atoms with van der Waals surface area (Å²) >= 11 is 1.60. The number of ether oxygens (including phenoxy) is 1. The maximum absolute atomic E-state index is 11.3. The van der Waals surface area contributed by atoms with Crippen molar-refractivity contribution in [2.45, 2.75) is 9.79 Å². The van der Waals surface area contributed by atoms with Gasteiger partial charge in [0.05, 0.1) is 12.6 Å². The molecule has 3 aromatic rings. The maximum Gasteiger partial charge on any atom is 0.347 e. The van der Waals surface area contributed by atoms with Crippen LogP contribution in [0.5, 0.6) is 5.75 Å². The van der Waals surface area contributed by atoms with Crippen molar-refractivity contribution in [3.63, 3.8) is 0 Å². The lowest BCUT2D eigenvalue weighted by Crippen LogP contribution is -2.12. The Balaban J connectivity index is 1.95. The van der Waals surface area contributed by atoms with Crippen molar-refractivity contribution in [1.29, 1.82) is 0 Å². The fourth-order valence-electron chi connectivity index (χ4n) is 2.00. The van der Waals surface area contributed by atoms with Gasteiger partial charge in [-0.2, -0.15) is 4.98 Å². The number of nitrogen functional groups attached to an aromatic ring is 1. The Morgan fingerprint density at radius 2 is 1.86 bits per heavy atom. The van der Waals surface area contributed by atoms with Gasteiger partial charge in [-0.05, 0) is 42.5 Å². The van der Waals surface area contributed by atoms with Crippen LogP contribution in [-0.2, 0) is 0 Å². The third-order valence-corrected chi connectivity index (χ3v) is 4.02. The number of benzene rings is 2.